The fourth-order valence-corrected chi connectivity index (χ4v) is 4.45. The summed E-state index contributed by atoms with van der Waals surface area (Å²) in [5.41, 5.74) is 7.45. The molecule has 3 atom stereocenters. The smallest absolute Gasteiger partial charge is 0.0702 e. The zero-order valence-corrected chi connectivity index (χ0v) is 15.5. The van der Waals surface area contributed by atoms with Crippen LogP contribution in [0.25, 0.3) is 0 Å². The molecule has 0 aliphatic rings. The van der Waals surface area contributed by atoms with Crippen molar-refractivity contribution in [1.29, 1.82) is 0 Å². The van der Waals surface area contributed by atoms with Crippen molar-refractivity contribution in [3.05, 3.63) is 55.6 Å². The summed E-state index contributed by atoms with van der Waals surface area (Å²) in [5.74, 6) is 0. The van der Waals surface area contributed by atoms with Crippen molar-refractivity contribution in [2.45, 2.75) is 32.0 Å². The quantitative estimate of drug-likeness (QED) is 0.759. The third-order valence-electron chi connectivity index (χ3n) is 3.76. The second-order valence-corrected chi connectivity index (χ2v) is 8.27. The van der Waals surface area contributed by atoms with E-state index >= 15 is 0 Å². The van der Waals surface area contributed by atoms with Gasteiger partial charge in [0, 0.05) is 22.0 Å². The fraction of sp³-hybridized carbons (Fsp3) is 0.375. The zero-order valence-electron chi connectivity index (χ0n) is 12.4. The van der Waals surface area contributed by atoms with Gasteiger partial charge >= 0.3 is 0 Å². The van der Waals surface area contributed by atoms with Gasteiger partial charge in [-0.2, -0.15) is 0 Å². The molecule has 0 aliphatic carbocycles. The van der Waals surface area contributed by atoms with E-state index in [1.54, 1.807) is 11.3 Å². The Morgan fingerprint density at radius 3 is 2.48 bits per heavy atom. The van der Waals surface area contributed by atoms with Crippen LogP contribution < -0.4 is 5.73 Å². The summed E-state index contributed by atoms with van der Waals surface area (Å²) in [6.45, 7) is 4.24. The van der Waals surface area contributed by atoms with E-state index in [0.29, 0.717) is 0 Å². The van der Waals surface area contributed by atoms with Crippen LogP contribution >= 0.6 is 38.9 Å². The fourth-order valence-electron chi connectivity index (χ4n) is 2.56. The standard InChI is InChI=1S/C16H20BrClN2S/c1-10(19)16(14-7-8-15(17)21-14)20(3)11(2)12-5-4-6-13(18)9-12/h4-11,16H,19H2,1-3H3. The van der Waals surface area contributed by atoms with Gasteiger partial charge in [-0.05, 0) is 66.7 Å². The van der Waals surface area contributed by atoms with Crippen molar-refractivity contribution in [3.63, 3.8) is 0 Å². The molecule has 0 bridgehead atoms. The molecule has 2 aromatic rings. The van der Waals surface area contributed by atoms with E-state index in [-0.39, 0.29) is 18.1 Å². The van der Waals surface area contributed by atoms with E-state index in [1.165, 1.54) is 10.4 Å². The van der Waals surface area contributed by atoms with Crippen molar-refractivity contribution in [3.8, 4) is 0 Å². The number of rotatable bonds is 5. The molecule has 0 amide bonds. The molecule has 0 spiro atoms. The maximum Gasteiger partial charge on any atom is 0.0702 e. The SMILES string of the molecule is CC(N)C(c1ccc(Br)s1)N(C)C(C)c1cccc(Cl)c1. The van der Waals surface area contributed by atoms with Crippen molar-refractivity contribution >= 4 is 38.9 Å². The summed E-state index contributed by atoms with van der Waals surface area (Å²) in [6, 6.07) is 12.7. The normalized spacial score (nSPS) is 16.0. The monoisotopic (exact) mass is 386 g/mol. The minimum absolute atomic E-state index is 0.0437. The molecule has 114 valence electrons. The van der Waals surface area contributed by atoms with Crippen LogP contribution in [0.3, 0.4) is 0 Å². The van der Waals surface area contributed by atoms with E-state index in [9.17, 15) is 0 Å². The second kappa shape index (κ2) is 7.25. The maximum absolute atomic E-state index is 6.25. The lowest BCUT2D eigenvalue weighted by Crippen LogP contribution is -2.38. The number of halogens is 2. The number of nitrogens with two attached hydrogens (primary N) is 1. The Kier molecular flexibility index (Phi) is 5.86. The Morgan fingerprint density at radius 2 is 1.95 bits per heavy atom. The highest BCUT2D eigenvalue weighted by molar-refractivity contribution is 9.11. The van der Waals surface area contributed by atoms with Crippen LogP contribution in [0.1, 0.15) is 36.4 Å². The van der Waals surface area contributed by atoms with Crippen molar-refractivity contribution in [2.24, 2.45) is 5.73 Å². The van der Waals surface area contributed by atoms with E-state index in [4.69, 9.17) is 17.3 Å². The molecule has 0 saturated heterocycles. The van der Waals surface area contributed by atoms with Crippen molar-refractivity contribution in [1.82, 2.24) is 4.90 Å². The van der Waals surface area contributed by atoms with Crippen LogP contribution in [0.5, 0.6) is 0 Å². The van der Waals surface area contributed by atoms with Crippen LogP contribution in [-0.4, -0.2) is 18.0 Å². The van der Waals surface area contributed by atoms with E-state index in [2.05, 4.69) is 59.9 Å². The molecule has 1 aromatic carbocycles. The Balaban J connectivity index is 2.28. The first-order chi connectivity index (χ1) is 9.90. The molecule has 2 rings (SSSR count). The number of likely N-dealkylation sites (N-methyl/N-ethyl adjacent to an activating group) is 1. The molecule has 21 heavy (non-hydrogen) atoms. The number of nitrogens with zero attached hydrogens (tertiary/aromatic N) is 1. The minimum Gasteiger partial charge on any atom is -0.326 e. The summed E-state index contributed by atoms with van der Waals surface area (Å²) in [4.78, 5) is 3.59. The summed E-state index contributed by atoms with van der Waals surface area (Å²) < 4.78 is 1.13. The van der Waals surface area contributed by atoms with Crippen LogP contribution in [0.2, 0.25) is 5.02 Å². The van der Waals surface area contributed by atoms with Gasteiger partial charge in [-0.1, -0.05) is 23.7 Å². The third-order valence-corrected chi connectivity index (χ3v) is 5.69. The Hall–Kier alpha value is -0.390. The number of thiophene rings is 1. The average molecular weight is 388 g/mol. The molecule has 0 saturated carbocycles. The van der Waals surface area contributed by atoms with Gasteiger partial charge in [0.2, 0.25) is 0 Å². The van der Waals surface area contributed by atoms with E-state index < -0.39 is 0 Å². The lowest BCUT2D eigenvalue weighted by molar-refractivity contribution is 0.168. The Morgan fingerprint density at radius 1 is 1.24 bits per heavy atom. The molecular formula is C16H20BrClN2S. The summed E-state index contributed by atoms with van der Waals surface area (Å²) in [6.07, 6.45) is 0. The molecule has 2 N–H and O–H groups in total. The molecule has 0 fully saturated rings. The molecule has 5 heteroatoms. The van der Waals surface area contributed by atoms with Crippen LogP contribution in [-0.2, 0) is 0 Å². The lowest BCUT2D eigenvalue weighted by Gasteiger charge is -2.35. The largest absolute Gasteiger partial charge is 0.326 e. The summed E-state index contributed by atoms with van der Waals surface area (Å²) in [5, 5.41) is 0.768. The number of hydrogen-bond acceptors (Lipinski definition) is 3. The molecule has 0 radical (unpaired) electrons. The highest BCUT2D eigenvalue weighted by Crippen LogP contribution is 2.36. The third kappa shape index (κ3) is 4.08. The molecule has 2 nitrogen and oxygen atoms in total. The molecule has 1 aromatic heterocycles. The predicted molar refractivity (Wildman–Crippen MR) is 96.0 cm³/mol. The van der Waals surface area contributed by atoms with Gasteiger partial charge in [0.1, 0.15) is 0 Å². The second-order valence-electron chi connectivity index (χ2n) is 5.34. The maximum atomic E-state index is 6.25. The number of hydrogen-bond donors (Lipinski definition) is 1. The Bertz CT molecular complexity index is 599. The zero-order chi connectivity index (χ0) is 15.6. The highest BCUT2D eigenvalue weighted by atomic mass is 79.9. The van der Waals surface area contributed by atoms with Gasteiger partial charge < -0.3 is 5.73 Å². The average Bonchev–Trinajstić information content (AvgIpc) is 2.83. The van der Waals surface area contributed by atoms with Crippen LogP contribution in [0.15, 0.2) is 40.2 Å². The molecule has 0 aliphatic heterocycles. The molecule has 1 heterocycles. The van der Waals surface area contributed by atoms with E-state index in [0.717, 1.165) is 8.81 Å². The van der Waals surface area contributed by atoms with Crippen molar-refractivity contribution in [2.75, 3.05) is 7.05 Å². The van der Waals surface area contributed by atoms with Gasteiger partial charge in [0.15, 0.2) is 0 Å². The lowest BCUT2D eigenvalue weighted by atomic mass is 10.0. The summed E-state index contributed by atoms with van der Waals surface area (Å²) >= 11 is 11.4. The highest BCUT2D eigenvalue weighted by Gasteiger charge is 2.27. The van der Waals surface area contributed by atoms with Gasteiger partial charge in [0.25, 0.3) is 0 Å². The summed E-state index contributed by atoms with van der Waals surface area (Å²) in [7, 11) is 2.12. The minimum atomic E-state index is 0.0437. The van der Waals surface area contributed by atoms with Gasteiger partial charge in [-0.3, -0.25) is 4.90 Å². The molecule has 3 unspecified atom stereocenters. The van der Waals surface area contributed by atoms with Crippen LogP contribution in [0, 0.1) is 0 Å². The predicted octanol–water partition coefficient (Wildman–Crippen LogP) is 5.25. The van der Waals surface area contributed by atoms with Gasteiger partial charge in [-0.25, -0.2) is 0 Å². The van der Waals surface area contributed by atoms with Gasteiger partial charge in [-0.15, -0.1) is 11.3 Å². The number of benzene rings is 1. The first-order valence-electron chi connectivity index (χ1n) is 6.88. The topological polar surface area (TPSA) is 29.3 Å². The van der Waals surface area contributed by atoms with E-state index in [1.807, 2.05) is 18.2 Å². The molecular weight excluding hydrogens is 368 g/mol. The van der Waals surface area contributed by atoms with Crippen molar-refractivity contribution < 1.29 is 0 Å². The van der Waals surface area contributed by atoms with Gasteiger partial charge in [0.05, 0.1) is 9.83 Å². The first-order valence-corrected chi connectivity index (χ1v) is 8.87. The van der Waals surface area contributed by atoms with Crippen LogP contribution in [0.4, 0.5) is 0 Å². The Labute approximate surface area is 144 Å². The first kappa shape index (κ1) is 17.0.